The molecule has 0 bridgehead atoms. The molecule has 96 valence electrons. The summed E-state index contributed by atoms with van der Waals surface area (Å²) in [6.07, 6.45) is 4.01. The van der Waals surface area contributed by atoms with Crippen LogP contribution in [0, 0.1) is 0 Å². The van der Waals surface area contributed by atoms with E-state index in [0.29, 0.717) is 6.54 Å². The van der Waals surface area contributed by atoms with Crippen LogP contribution in [0.2, 0.25) is 0 Å². The zero-order valence-electron chi connectivity index (χ0n) is 10.4. The van der Waals surface area contributed by atoms with Crippen molar-refractivity contribution in [3.05, 3.63) is 24.0 Å². The molecule has 5 heteroatoms. The Morgan fingerprint density at radius 3 is 2.83 bits per heavy atom. The minimum Gasteiger partial charge on any atom is -0.348 e. The highest BCUT2D eigenvalue weighted by atomic mass is 16.2. The number of aromatic nitrogens is 1. The van der Waals surface area contributed by atoms with Crippen LogP contribution in [0.15, 0.2) is 18.3 Å². The molecule has 1 aromatic rings. The Labute approximate surface area is 106 Å². The van der Waals surface area contributed by atoms with Crippen molar-refractivity contribution in [2.75, 3.05) is 6.54 Å². The standard InChI is InChI=1S/C13H17N3O2/c1-9-11-3-2-6-15(11)7-8-16(9)13(18)12(17)14-10-4-5-10/h2-3,6,9-10H,4-5,7-8H2,1H3,(H,14,17)/t9-/m0/s1. The van der Waals surface area contributed by atoms with Gasteiger partial charge in [-0.05, 0) is 31.9 Å². The van der Waals surface area contributed by atoms with Gasteiger partial charge in [-0.15, -0.1) is 0 Å². The van der Waals surface area contributed by atoms with Gasteiger partial charge in [0.1, 0.15) is 0 Å². The number of carbonyl (C=O) groups excluding carboxylic acids is 2. The van der Waals surface area contributed by atoms with E-state index in [9.17, 15) is 9.59 Å². The van der Waals surface area contributed by atoms with E-state index in [1.807, 2.05) is 25.3 Å². The van der Waals surface area contributed by atoms with E-state index in [0.717, 1.165) is 25.1 Å². The summed E-state index contributed by atoms with van der Waals surface area (Å²) in [6, 6.07) is 4.17. The number of nitrogens with one attached hydrogen (secondary N) is 1. The second kappa shape index (κ2) is 4.15. The number of rotatable bonds is 1. The molecule has 1 fully saturated rings. The predicted molar refractivity (Wildman–Crippen MR) is 65.7 cm³/mol. The number of nitrogens with zero attached hydrogens (tertiary/aromatic N) is 2. The average Bonchev–Trinajstić information content (AvgIpc) is 3.03. The fraction of sp³-hybridized carbons (Fsp3) is 0.538. The van der Waals surface area contributed by atoms with Gasteiger partial charge >= 0.3 is 11.8 Å². The molecule has 1 aromatic heterocycles. The third-order valence-corrected chi connectivity index (χ3v) is 3.71. The van der Waals surface area contributed by atoms with E-state index < -0.39 is 11.8 Å². The zero-order valence-corrected chi connectivity index (χ0v) is 10.4. The molecule has 0 radical (unpaired) electrons. The lowest BCUT2D eigenvalue weighted by Gasteiger charge is -2.34. The quantitative estimate of drug-likeness (QED) is 0.742. The largest absolute Gasteiger partial charge is 0.348 e. The molecule has 0 aromatic carbocycles. The van der Waals surface area contributed by atoms with Crippen LogP contribution < -0.4 is 5.32 Å². The second-order valence-corrected chi connectivity index (χ2v) is 5.05. The van der Waals surface area contributed by atoms with E-state index in [-0.39, 0.29) is 12.1 Å². The van der Waals surface area contributed by atoms with E-state index in [1.54, 1.807) is 4.90 Å². The van der Waals surface area contributed by atoms with Crippen molar-refractivity contribution >= 4 is 11.8 Å². The summed E-state index contributed by atoms with van der Waals surface area (Å²) in [6.45, 7) is 3.32. The first-order valence-electron chi connectivity index (χ1n) is 6.43. The molecule has 0 saturated heterocycles. The Hall–Kier alpha value is -1.78. The zero-order chi connectivity index (χ0) is 12.7. The number of amides is 2. The first-order valence-corrected chi connectivity index (χ1v) is 6.43. The summed E-state index contributed by atoms with van der Waals surface area (Å²) < 4.78 is 2.13. The van der Waals surface area contributed by atoms with Crippen molar-refractivity contribution in [2.45, 2.75) is 38.4 Å². The van der Waals surface area contributed by atoms with Crippen LogP contribution in [0.25, 0.3) is 0 Å². The molecule has 2 aliphatic rings. The molecule has 1 aliphatic heterocycles. The normalized spacial score (nSPS) is 22.5. The molecule has 2 heterocycles. The Morgan fingerprint density at radius 2 is 2.11 bits per heavy atom. The highest BCUT2D eigenvalue weighted by molar-refractivity contribution is 6.35. The highest BCUT2D eigenvalue weighted by Crippen LogP contribution is 2.25. The molecule has 3 rings (SSSR count). The summed E-state index contributed by atoms with van der Waals surface area (Å²) in [5.41, 5.74) is 1.09. The minimum absolute atomic E-state index is 0.0359. The summed E-state index contributed by atoms with van der Waals surface area (Å²) in [5, 5.41) is 2.75. The van der Waals surface area contributed by atoms with Crippen LogP contribution >= 0.6 is 0 Å². The smallest absolute Gasteiger partial charge is 0.312 e. The van der Waals surface area contributed by atoms with Gasteiger partial charge in [-0.25, -0.2) is 0 Å². The van der Waals surface area contributed by atoms with Crippen molar-refractivity contribution in [3.63, 3.8) is 0 Å². The Bertz CT molecular complexity index is 490. The Balaban J connectivity index is 1.73. The van der Waals surface area contributed by atoms with Gasteiger partial charge in [0.2, 0.25) is 0 Å². The van der Waals surface area contributed by atoms with Crippen LogP contribution in [-0.4, -0.2) is 33.9 Å². The first kappa shape index (κ1) is 11.3. The highest BCUT2D eigenvalue weighted by Gasteiger charge is 2.33. The average molecular weight is 247 g/mol. The maximum Gasteiger partial charge on any atom is 0.312 e. The predicted octanol–water partition coefficient (Wildman–Crippen LogP) is 0.670. The van der Waals surface area contributed by atoms with Gasteiger partial charge in [0, 0.05) is 31.0 Å². The lowest BCUT2D eigenvalue weighted by Crippen LogP contribution is -2.48. The van der Waals surface area contributed by atoms with Gasteiger partial charge in [-0.3, -0.25) is 9.59 Å². The maximum atomic E-state index is 12.1. The monoisotopic (exact) mass is 247 g/mol. The fourth-order valence-corrected chi connectivity index (χ4v) is 2.46. The molecular weight excluding hydrogens is 230 g/mol. The summed E-state index contributed by atoms with van der Waals surface area (Å²) in [7, 11) is 0. The second-order valence-electron chi connectivity index (χ2n) is 5.05. The summed E-state index contributed by atoms with van der Waals surface area (Å²) in [4.78, 5) is 25.5. The van der Waals surface area contributed by atoms with Crippen molar-refractivity contribution < 1.29 is 9.59 Å². The number of hydrogen-bond donors (Lipinski definition) is 1. The lowest BCUT2D eigenvalue weighted by atomic mass is 10.1. The van der Waals surface area contributed by atoms with E-state index in [4.69, 9.17) is 0 Å². The number of carbonyl (C=O) groups is 2. The molecule has 0 unspecified atom stereocenters. The van der Waals surface area contributed by atoms with Crippen LogP contribution in [-0.2, 0) is 16.1 Å². The maximum absolute atomic E-state index is 12.1. The van der Waals surface area contributed by atoms with E-state index in [1.165, 1.54) is 0 Å². The van der Waals surface area contributed by atoms with Crippen molar-refractivity contribution in [2.24, 2.45) is 0 Å². The third-order valence-electron chi connectivity index (χ3n) is 3.71. The van der Waals surface area contributed by atoms with Crippen molar-refractivity contribution in [1.29, 1.82) is 0 Å². The third kappa shape index (κ3) is 1.89. The molecule has 1 aliphatic carbocycles. The van der Waals surface area contributed by atoms with Gasteiger partial charge in [0.15, 0.2) is 0 Å². The summed E-state index contributed by atoms with van der Waals surface area (Å²) in [5.74, 6) is -0.855. The van der Waals surface area contributed by atoms with Crippen LogP contribution in [0.4, 0.5) is 0 Å². The molecule has 0 spiro atoms. The molecule has 5 nitrogen and oxygen atoms in total. The van der Waals surface area contributed by atoms with Crippen LogP contribution in [0.3, 0.4) is 0 Å². The molecule has 2 amide bonds. The van der Waals surface area contributed by atoms with Crippen LogP contribution in [0.1, 0.15) is 31.5 Å². The van der Waals surface area contributed by atoms with Crippen molar-refractivity contribution in [1.82, 2.24) is 14.8 Å². The van der Waals surface area contributed by atoms with Gasteiger partial charge < -0.3 is 14.8 Å². The van der Waals surface area contributed by atoms with Crippen LogP contribution in [0.5, 0.6) is 0 Å². The van der Waals surface area contributed by atoms with Gasteiger partial charge in [0.25, 0.3) is 0 Å². The lowest BCUT2D eigenvalue weighted by molar-refractivity contribution is -0.148. The van der Waals surface area contributed by atoms with Crippen molar-refractivity contribution in [3.8, 4) is 0 Å². The summed E-state index contributed by atoms with van der Waals surface area (Å²) >= 11 is 0. The Morgan fingerprint density at radius 1 is 1.33 bits per heavy atom. The molecular formula is C13H17N3O2. The topological polar surface area (TPSA) is 54.3 Å². The van der Waals surface area contributed by atoms with E-state index >= 15 is 0 Å². The van der Waals surface area contributed by atoms with Gasteiger partial charge in [0.05, 0.1) is 6.04 Å². The van der Waals surface area contributed by atoms with Gasteiger partial charge in [-0.1, -0.05) is 0 Å². The molecule has 1 N–H and O–H groups in total. The first-order chi connectivity index (χ1) is 8.66. The minimum atomic E-state index is -0.454. The number of hydrogen-bond acceptors (Lipinski definition) is 2. The molecule has 1 atom stereocenters. The SMILES string of the molecule is C[C@H]1c2cccn2CCN1C(=O)C(=O)NC1CC1. The Kier molecular flexibility index (Phi) is 2.61. The van der Waals surface area contributed by atoms with Gasteiger partial charge in [-0.2, -0.15) is 0 Å². The number of fused-ring (bicyclic) bond motifs is 1. The molecule has 18 heavy (non-hydrogen) atoms. The fourth-order valence-electron chi connectivity index (χ4n) is 2.46. The molecule has 1 saturated carbocycles. The van der Waals surface area contributed by atoms with E-state index in [2.05, 4.69) is 9.88 Å².